The highest BCUT2D eigenvalue weighted by atomic mass is 15.0. The molecule has 0 radical (unpaired) electrons. The van der Waals surface area contributed by atoms with Crippen LogP contribution in [-0.4, -0.2) is 24.5 Å². The Morgan fingerprint density at radius 1 is 0.475 bits per heavy atom. The summed E-state index contributed by atoms with van der Waals surface area (Å²) >= 11 is 0. The molecule has 0 aliphatic heterocycles. The topological polar surface area (TPSA) is 80.3 Å². The number of pyridine rings is 1. The average Bonchev–Trinajstić information content (AvgIpc) is 3.84. The Bertz CT molecular complexity index is 3430. The largest absolute Gasteiger partial charge is 0.307 e. The molecule has 0 amide bonds. The molecule has 12 rings (SSSR count). The number of nitrogens with zero attached hydrogens (tertiary/aromatic N) is 6. The highest BCUT2D eigenvalue weighted by Gasteiger charge is 2.37. The van der Waals surface area contributed by atoms with E-state index >= 15 is 0 Å². The van der Waals surface area contributed by atoms with Crippen molar-refractivity contribution < 1.29 is 0 Å². The fraction of sp³-hybridized carbons (Fsp3) is 0.109. The molecule has 7 aromatic carbocycles. The highest BCUT2D eigenvalue weighted by molar-refractivity contribution is 6.11. The Labute approximate surface area is 353 Å². The van der Waals surface area contributed by atoms with Gasteiger partial charge in [-0.05, 0) is 105 Å². The van der Waals surface area contributed by atoms with Crippen LogP contribution in [0.1, 0.15) is 55.5 Å². The van der Waals surface area contributed by atoms with Crippen LogP contribution in [0.3, 0.4) is 0 Å². The Balaban J connectivity index is 1.08. The molecule has 2 aliphatic rings. The molecular formula is C55H38N6. The van der Waals surface area contributed by atoms with Gasteiger partial charge in [0.25, 0.3) is 0 Å². The molecule has 0 saturated heterocycles. The van der Waals surface area contributed by atoms with Crippen LogP contribution in [0.4, 0.5) is 0 Å². The van der Waals surface area contributed by atoms with Gasteiger partial charge in [0.2, 0.25) is 0 Å². The van der Waals surface area contributed by atoms with Crippen LogP contribution >= 0.6 is 0 Å². The predicted molar refractivity (Wildman–Crippen MR) is 246 cm³/mol. The maximum absolute atomic E-state index is 10.0. The summed E-state index contributed by atoms with van der Waals surface area (Å²) < 4.78 is 2.25. The lowest BCUT2D eigenvalue weighted by Crippen LogP contribution is -2.15. The number of hydrogen-bond acceptors (Lipinski definition) is 5. The van der Waals surface area contributed by atoms with Crippen molar-refractivity contribution in [3.8, 4) is 68.2 Å². The zero-order chi connectivity index (χ0) is 41.2. The van der Waals surface area contributed by atoms with Crippen molar-refractivity contribution in [2.45, 2.75) is 38.5 Å². The lowest BCUT2D eigenvalue weighted by molar-refractivity contribution is 0.660. The van der Waals surface area contributed by atoms with Crippen LogP contribution in [0, 0.1) is 11.3 Å². The van der Waals surface area contributed by atoms with Crippen molar-refractivity contribution >= 4 is 32.7 Å². The van der Waals surface area contributed by atoms with Crippen LogP contribution in [0.5, 0.6) is 0 Å². The van der Waals surface area contributed by atoms with Gasteiger partial charge in [0.1, 0.15) is 0 Å². The maximum Gasteiger partial charge on any atom is 0.164 e. The first kappa shape index (κ1) is 35.2. The monoisotopic (exact) mass is 782 g/mol. The number of benzene rings is 7. The average molecular weight is 783 g/mol. The summed E-state index contributed by atoms with van der Waals surface area (Å²) in [6.07, 6.45) is 1.84. The molecule has 0 N–H and O–H groups in total. The van der Waals surface area contributed by atoms with Gasteiger partial charge in [-0.15, -0.1) is 0 Å². The third-order valence-electron chi connectivity index (χ3n) is 13.3. The fourth-order valence-electron chi connectivity index (χ4n) is 10.2. The molecule has 0 spiro atoms. The van der Waals surface area contributed by atoms with Gasteiger partial charge in [0, 0.05) is 49.9 Å². The first-order chi connectivity index (χ1) is 29.7. The summed E-state index contributed by atoms with van der Waals surface area (Å²) in [7, 11) is 0. The van der Waals surface area contributed by atoms with Gasteiger partial charge in [0.05, 0.1) is 33.9 Å². The molecule has 3 aromatic heterocycles. The van der Waals surface area contributed by atoms with E-state index in [-0.39, 0.29) is 10.8 Å². The zero-order valence-corrected chi connectivity index (χ0v) is 34.2. The van der Waals surface area contributed by atoms with Gasteiger partial charge < -0.3 is 4.57 Å². The SMILES string of the molecule is CC1(C)c2ccccc2-c2ccc(-c3nc(-c4ccc5c(c4)C(C)(C)c4ccccc4-5)nc(-c4ccc5c(c4)c4cc(C#N)ccc4n5-c4cccc5cccnc45)n3)cc21. The van der Waals surface area contributed by atoms with Crippen LogP contribution in [0.25, 0.3) is 94.8 Å². The first-order valence-electron chi connectivity index (χ1n) is 20.8. The normalized spacial score (nSPS) is 14.1. The quantitative estimate of drug-likeness (QED) is 0.178. The summed E-state index contributed by atoms with van der Waals surface area (Å²) in [5, 5.41) is 13.1. The number of rotatable bonds is 4. The molecule has 61 heavy (non-hydrogen) atoms. The van der Waals surface area contributed by atoms with E-state index in [9.17, 15) is 5.26 Å². The summed E-state index contributed by atoms with van der Waals surface area (Å²) in [4.78, 5) is 20.7. The molecule has 0 bridgehead atoms. The molecule has 288 valence electrons. The third-order valence-corrected chi connectivity index (χ3v) is 13.3. The predicted octanol–water partition coefficient (Wildman–Crippen LogP) is 13.0. The van der Waals surface area contributed by atoms with Gasteiger partial charge in [-0.3, -0.25) is 4.98 Å². The Morgan fingerprint density at radius 2 is 0.984 bits per heavy atom. The summed E-state index contributed by atoms with van der Waals surface area (Å²) in [5.41, 5.74) is 17.1. The van der Waals surface area contributed by atoms with Gasteiger partial charge in [-0.25, -0.2) is 15.0 Å². The van der Waals surface area contributed by atoms with Crippen LogP contribution < -0.4 is 0 Å². The van der Waals surface area contributed by atoms with Crippen molar-refractivity contribution in [3.05, 3.63) is 186 Å². The molecule has 6 heteroatoms. The van der Waals surface area contributed by atoms with E-state index in [0.29, 0.717) is 23.0 Å². The molecule has 3 heterocycles. The number of aromatic nitrogens is 5. The number of nitriles is 1. The van der Waals surface area contributed by atoms with Crippen LogP contribution in [0.15, 0.2) is 158 Å². The number of para-hydroxylation sites is 1. The molecule has 6 nitrogen and oxygen atoms in total. The second kappa shape index (κ2) is 12.6. The molecule has 0 atom stereocenters. The van der Waals surface area contributed by atoms with Gasteiger partial charge in [-0.1, -0.05) is 119 Å². The molecule has 0 fully saturated rings. The van der Waals surface area contributed by atoms with E-state index in [1.54, 1.807) is 0 Å². The summed E-state index contributed by atoms with van der Waals surface area (Å²) in [5.74, 6) is 1.82. The maximum atomic E-state index is 10.0. The lowest BCUT2D eigenvalue weighted by Gasteiger charge is -2.22. The second-order valence-electron chi connectivity index (χ2n) is 17.4. The van der Waals surface area contributed by atoms with Crippen molar-refractivity contribution in [1.29, 1.82) is 5.26 Å². The number of hydrogen-bond donors (Lipinski definition) is 0. The van der Waals surface area contributed by atoms with Gasteiger partial charge in [-0.2, -0.15) is 5.26 Å². The second-order valence-corrected chi connectivity index (χ2v) is 17.4. The molecule has 0 saturated carbocycles. The zero-order valence-electron chi connectivity index (χ0n) is 34.2. The standard InChI is InChI=1S/C55H38N6/c1-54(2)43-15-7-5-13-37(43)39-22-19-35(29-45(39)54)52-58-51(59-53(60-52)36-20-23-40-38-14-6-8-16-44(38)55(3,4)46(40)30-36)34-21-25-48-42(28-34)41-27-32(31-56)18-24-47(41)61(48)49-17-9-11-33-12-10-26-57-50(33)49/h5-30H,1-4H3. The van der Waals surface area contributed by atoms with Crippen molar-refractivity contribution in [2.75, 3.05) is 0 Å². The van der Waals surface area contributed by atoms with Crippen molar-refractivity contribution in [3.63, 3.8) is 0 Å². The van der Waals surface area contributed by atoms with E-state index in [2.05, 4.69) is 166 Å². The van der Waals surface area contributed by atoms with Crippen LogP contribution in [-0.2, 0) is 10.8 Å². The van der Waals surface area contributed by atoms with Gasteiger partial charge in [0.15, 0.2) is 17.5 Å². The number of fused-ring (bicyclic) bond motifs is 10. The Morgan fingerprint density at radius 3 is 1.59 bits per heavy atom. The van der Waals surface area contributed by atoms with Crippen molar-refractivity contribution in [1.82, 2.24) is 24.5 Å². The summed E-state index contributed by atoms with van der Waals surface area (Å²) in [6, 6.07) is 55.7. The van der Waals surface area contributed by atoms with E-state index in [0.717, 1.165) is 55.1 Å². The van der Waals surface area contributed by atoms with Crippen molar-refractivity contribution in [2.24, 2.45) is 0 Å². The minimum absolute atomic E-state index is 0.178. The van der Waals surface area contributed by atoms with Crippen LogP contribution in [0.2, 0.25) is 0 Å². The highest BCUT2D eigenvalue weighted by Crippen LogP contribution is 2.51. The molecule has 2 aliphatic carbocycles. The van der Waals surface area contributed by atoms with Gasteiger partial charge >= 0.3 is 0 Å². The third kappa shape index (κ3) is 5.07. The van der Waals surface area contributed by atoms with E-state index in [1.807, 2.05) is 30.5 Å². The minimum Gasteiger partial charge on any atom is -0.307 e. The van der Waals surface area contributed by atoms with E-state index in [4.69, 9.17) is 19.9 Å². The molecule has 10 aromatic rings. The van der Waals surface area contributed by atoms with E-state index < -0.39 is 0 Å². The lowest BCUT2D eigenvalue weighted by atomic mass is 9.82. The van der Waals surface area contributed by atoms with E-state index in [1.165, 1.54) is 44.5 Å². The Kier molecular flexibility index (Phi) is 7.29. The minimum atomic E-state index is -0.178. The first-order valence-corrected chi connectivity index (χ1v) is 20.8. The molecular weight excluding hydrogens is 745 g/mol. The summed E-state index contributed by atoms with van der Waals surface area (Å²) in [6.45, 7) is 9.20. The smallest absolute Gasteiger partial charge is 0.164 e. The fourth-order valence-corrected chi connectivity index (χ4v) is 10.2. The molecule has 0 unspecified atom stereocenters. The Hall–Kier alpha value is -7.75.